The summed E-state index contributed by atoms with van der Waals surface area (Å²) in [6.45, 7) is 4.31. The molecule has 0 unspecified atom stereocenters. The third-order valence-corrected chi connectivity index (χ3v) is 3.36. The van der Waals surface area contributed by atoms with Gasteiger partial charge in [0.15, 0.2) is 0 Å². The lowest BCUT2D eigenvalue weighted by molar-refractivity contribution is 0.317. The number of aryl methyl sites for hydroxylation is 1. The largest absolute Gasteiger partial charge is 0.494 e. The van der Waals surface area contributed by atoms with Crippen LogP contribution < -0.4 is 4.74 Å². The van der Waals surface area contributed by atoms with Gasteiger partial charge in [0, 0.05) is 10.7 Å². The van der Waals surface area contributed by atoms with E-state index in [1.165, 1.54) is 6.07 Å². The molecular formula is C10H13ClO3S. The molecule has 0 aromatic heterocycles. The predicted octanol–water partition coefficient (Wildman–Crippen LogP) is 2.71. The Hall–Kier alpha value is -0.740. The van der Waals surface area contributed by atoms with E-state index < -0.39 is 9.05 Å². The van der Waals surface area contributed by atoms with E-state index in [1.807, 2.05) is 6.92 Å². The van der Waals surface area contributed by atoms with Gasteiger partial charge in [0.2, 0.25) is 0 Å². The first-order valence-electron chi connectivity index (χ1n) is 4.63. The molecule has 0 N–H and O–H groups in total. The van der Waals surface area contributed by atoms with Gasteiger partial charge in [0.05, 0.1) is 11.5 Å². The Morgan fingerprint density at radius 1 is 1.40 bits per heavy atom. The molecule has 0 saturated carbocycles. The molecule has 1 aromatic carbocycles. The molecule has 0 aliphatic carbocycles. The van der Waals surface area contributed by atoms with Crippen molar-refractivity contribution in [1.82, 2.24) is 0 Å². The van der Waals surface area contributed by atoms with Crippen molar-refractivity contribution in [2.24, 2.45) is 0 Å². The lowest BCUT2D eigenvalue weighted by Crippen LogP contribution is -1.98. The van der Waals surface area contributed by atoms with Gasteiger partial charge in [0.1, 0.15) is 5.75 Å². The monoisotopic (exact) mass is 248 g/mol. The minimum absolute atomic E-state index is 0.132. The summed E-state index contributed by atoms with van der Waals surface area (Å²) in [5.41, 5.74) is 0.596. The number of ether oxygens (including phenoxy) is 1. The van der Waals surface area contributed by atoms with Crippen molar-refractivity contribution < 1.29 is 13.2 Å². The number of benzene rings is 1. The zero-order valence-electron chi connectivity index (χ0n) is 8.66. The molecule has 1 rings (SSSR count). The smallest absolute Gasteiger partial charge is 0.261 e. The Bertz CT molecular complexity index is 440. The zero-order valence-corrected chi connectivity index (χ0v) is 10.2. The van der Waals surface area contributed by atoms with Crippen LogP contribution in [0, 0.1) is 6.92 Å². The highest BCUT2D eigenvalue weighted by atomic mass is 35.7. The van der Waals surface area contributed by atoms with Gasteiger partial charge < -0.3 is 4.74 Å². The minimum Gasteiger partial charge on any atom is -0.494 e. The molecule has 3 nitrogen and oxygen atoms in total. The molecule has 0 saturated heterocycles. The first-order chi connectivity index (χ1) is 6.95. The molecule has 5 heteroatoms. The van der Waals surface area contributed by atoms with E-state index in [1.54, 1.807) is 19.1 Å². The van der Waals surface area contributed by atoms with Crippen LogP contribution in [0.5, 0.6) is 5.75 Å². The summed E-state index contributed by atoms with van der Waals surface area (Å²) in [5.74, 6) is 0.665. The second kappa shape index (κ2) is 4.86. The van der Waals surface area contributed by atoms with E-state index in [2.05, 4.69) is 0 Å². The minimum atomic E-state index is -3.65. The lowest BCUT2D eigenvalue weighted by Gasteiger charge is -2.07. The van der Waals surface area contributed by atoms with E-state index in [0.29, 0.717) is 17.9 Å². The zero-order chi connectivity index (χ0) is 11.5. The van der Waals surface area contributed by atoms with Crippen LogP contribution >= 0.6 is 10.7 Å². The third kappa shape index (κ3) is 3.39. The van der Waals surface area contributed by atoms with Gasteiger partial charge in [-0.3, -0.25) is 0 Å². The Balaban J connectivity index is 2.99. The summed E-state index contributed by atoms with van der Waals surface area (Å²) >= 11 is 0. The molecular weight excluding hydrogens is 236 g/mol. The normalized spacial score (nSPS) is 11.4. The number of hydrogen-bond acceptors (Lipinski definition) is 3. The van der Waals surface area contributed by atoms with Crippen LogP contribution in [0.1, 0.15) is 18.9 Å². The van der Waals surface area contributed by atoms with Crippen molar-refractivity contribution in [2.75, 3.05) is 6.61 Å². The SMILES string of the molecule is CCCOc1ccc(S(=O)(=O)Cl)c(C)c1. The number of rotatable bonds is 4. The van der Waals surface area contributed by atoms with Gasteiger partial charge in [-0.25, -0.2) is 8.42 Å². The highest BCUT2D eigenvalue weighted by Gasteiger charge is 2.13. The molecule has 0 aliphatic rings. The number of halogens is 1. The van der Waals surface area contributed by atoms with Gasteiger partial charge in [-0.15, -0.1) is 0 Å². The lowest BCUT2D eigenvalue weighted by atomic mass is 10.2. The van der Waals surface area contributed by atoms with Gasteiger partial charge in [-0.1, -0.05) is 6.92 Å². The van der Waals surface area contributed by atoms with Crippen molar-refractivity contribution in [3.63, 3.8) is 0 Å². The summed E-state index contributed by atoms with van der Waals surface area (Å²) in [6.07, 6.45) is 0.911. The van der Waals surface area contributed by atoms with Crippen LogP contribution in [0.25, 0.3) is 0 Å². The fourth-order valence-corrected chi connectivity index (χ4v) is 2.40. The molecule has 0 spiro atoms. The Labute approximate surface area is 94.4 Å². The molecule has 0 aliphatic heterocycles. The van der Waals surface area contributed by atoms with Gasteiger partial charge in [-0.2, -0.15) is 0 Å². The molecule has 0 atom stereocenters. The number of hydrogen-bond donors (Lipinski definition) is 0. The molecule has 0 heterocycles. The topological polar surface area (TPSA) is 43.4 Å². The van der Waals surface area contributed by atoms with Crippen LogP contribution in [0.4, 0.5) is 0 Å². The standard InChI is InChI=1S/C10H13ClO3S/c1-3-6-14-9-4-5-10(8(2)7-9)15(11,12)13/h4-5,7H,3,6H2,1-2H3. The molecule has 84 valence electrons. The Morgan fingerprint density at radius 3 is 2.53 bits per heavy atom. The fourth-order valence-electron chi connectivity index (χ4n) is 1.21. The first kappa shape index (κ1) is 12.3. The average molecular weight is 249 g/mol. The van der Waals surface area contributed by atoms with Gasteiger partial charge in [-0.05, 0) is 37.1 Å². The fraction of sp³-hybridized carbons (Fsp3) is 0.400. The molecule has 0 bridgehead atoms. The third-order valence-electron chi connectivity index (χ3n) is 1.88. The summed E-state index contributed by atoms with van der Waals surface area (Å²) < 4.78 is 27.6. The van der Waals surface area contributed by atoms with Crippen molar-refractivity contribution >= 4 is 19.7 Å². The van der Waals surface area contributed by atoms with Gasteiger partial charge >= 0.3 is 0 Å². The highest BCUT2D eigenvalue weighted by Crippen LogP contribution is 2.23. The van der Waals surface area contributed by atoms with Crippen molar-refractivity contribution in [3.05, 3.63) is 23.8 Å². The van der Waals surface area contributed by atoms with E-state index in [0.717, 1.165) is 6.42 Å². The molecule has 0 radical (unpaired) electrons. The highest BCUT2D eigenvalue weighted by molar-refractivity contribution is 8.13. The molecule has 1 aromatic rings. The van der Waals surface area contributed by atoms with E-state index in [4.69, 9.17) is 15.4 Å². The van der Waals surface area contributed by atoms with Gasteiger partial charge in [0.25, 0.3) is 9.05 Å². The molecule has 0 amide bonds. The van der Waals surface area contributed by atoms with Crippen LogP contribution in [0.3, 0.4) is 0 Å². The average Bonchev–Trinajstić information content (AvgIpc) is 2.12. The maximum atomic E-state index is 11.1. The molecule has 15 heavy (non-hydrogen) atoms. The van der Waals surface area contributed by atoms with E-state index in [9.17, 15) is 8.42 Å². The maximum Gasteiger partial charge on any atom is 0.261 e. The summed E-state index contributed by atoms with van der Waals surface area (Å²) in [5, 5.41) is 0. The first-order valence-corrected chi connectivity index (χ1v) is 6.94. The Kier molecular flexibility index (Phi) is 3.99. The summed E-state index contributed by atoms with van der Waals surface area (Å²) in [7, 11) is 1.60. The second-order valence-electron chi connectivity index (χ2n) is 3.21. The van der Waals surface area contributed by atoms with Crippen LogP contribution in [0.15, 0.2) is 23.1 Å². The predicted molar refractivity (Wildman–Crippen MR) is 60.0 cm³/mol. The second-order valence-corrected chi connectivity index (χ2v) is 5.75. The van der Waals surface area contributed by atoms with Crippen LogP contribution in [-0.4, -0.2) is 15.0 Å². The quantitative estimate of drug-likeness (QED) is 0.770. The van der Waals surface area contributed by atoms with Crippen molar-refractivity contribution in [3.8, 4) is 5.75 Å². The van der Waals surface area contributed by atoms with Crippen LogP contribution in [0.2, 0.25) is 0 Å². The summed E-state index contributed by atoms with van der Waals surface area (Å²) in [6, 6.07) is 4.74. The maximum absolute atomic E-state index is 11.1. The molecule has 0 fully saturated rings. The van der Waals surface area contributed by atoms with E-state index in [-0.39, 0.29) is 4.90 Å². The Morgan fingerprint density at radius 2 is 2.07 bits per heavy atom. The van der Waals surface area contributed by atoms with E-state index >= 15 is 0 Å². The van der Waals surface area contributed by atoms with Crippen molar-refractivity contribution in [2.45, 2.75) is 25.2 Å². The summed E-state index contributed by atoms with van der Waals surface area (Å²) in [4.78, 5) is 0.132. The van der Waals surface area contributed by atoms with Crippen molar-refractivity contribution in [1.29, 1.82) is 0 Å². The van der Waals surface area contributed by atoms with Crippen LogP contribution in [-0.2, 0) is 9.05 Å².